The number of ether oxygens (including phenoxy) is 4. The molecule has 2 fully saturated rings. The molecule has 7 atom stereocenters. The molecular weight excluding hydrogens is 805 g/mol. The monoisotopic (exact) mass is 864 g/mol. The first-order valence-corrected chi connectivity index (χ1v) is 22.3. The number of nitrogens with zero attached hydrogens (tertiary/aromatic N) is 4. The number of nitro benzene ring substituents is 1. The summed E-state index contributed by atoms with van der Waals surface area (Å²) < 4.78 is 26.7. The van der Waals surface area contributed by atoms with Gasteiger partial charge in [0.1, 0.15) is 24.1 Å². The van der Waals surface area contributed by atoms with E-state index in [1.807, 2.05) is 37.3 Å². The highest BCUT2D eigenvalue weighted by molar-refractivity contribution is 6.03. The number of hydrogen-bond donors (Lipinski definition) is 2. The van der Waals surface area contributed by atoms with Crippen molar-refractivity contribution in [3.05, 3.63) is 124 Å². The van der Waals surface area contributed by atoms with Crippen LogP contribution in [-0.2, 0) is 25.7 Å². The second kappa shape index (κ2) is 21.3. The Bertz CT molecular complexity index is 2150. The van der Waals surface area contributed by atoms with E-state index in [0.717, 1.165) is 61.0 Å². The third-order valence-electron chi connectivity index (χ3n) is 12.7. The number of pyridine rings is 1. The Balaban J connectivity index is 1.37. The number of allylic oxidation sites excluding steroid dienone is 1. The van der Waals surface area contributed by atoms with Gasteiger partial charge in [-0.3, -0.25) is 19.9 Å². The molecule has 2 aliphatic carbocycles. The molecule has 3 heterocycles. The largest absolute Gasteiger partial charge is 0.487 e. The molecule has 2 aromatic carbocycles. The quantitative estimate of drug-likeness (QED) is 0.0368. The topological polar surface area (TPSA) is 175 Å². The van der Waals surface area contributed by atoms with Crippen LogP contribution in [0.15, 0.2) is 96.2 Å². The van der Waals surface area contributed by atoms with Gasteiger partial charge in [0.15, 0.2) is 0 Å². The minimum Gasteiger partial charge on any atom is -0.487 e. The summed E-state index contributed by atoms with van der Waals surface area (Å²) in [4.78, 5) is 37.7. The summed E-state index contributed by atoms with van der Waals surface area (Å²) >= 11 is 0. The number of fused-ring (bicyclic) bond motifs is 2. The van der Waals surface area contributed by atoms with E-state index in [1.54, 1.807) is 36.2 Å². The summed E-state index contributed by atoms with van der Waals surface area (Å²) in [6, 6.07) is 17.0. The second-order valence-electron chi connectivity index (χ2n) is 16.9. The Morgan fingerprint density at radius 3 is 2.59 bits per heavy atom. The van der Waals surface area contributed by atoms with Crippen LogP contribution >= 0.6 is 0 Å². The van der Waals surface area contributed by atoms with Crippen LogP contribution in [0, 0.1) is 34.8 Å². The molecule has 4 aliphatic rings. The first-order chi connectivity index (χ1) is 30.6. The number of oxime groups is 1. The molecule has 1 unspecified atom stereocenters. The molecular formula is C49H60N4O10. The Morgan fingerprint density at radius 2 is 1.87 bits per heavy atom. The number of aliphatic hydroxyl groups excluding tert-OH is 2. The van der Waals surface area contributed by atoms with Crippen LogP contribution in [0.3, 0.4) is 0 Å². The van der Waals surface area contributed by atoms with Gasteiger partial charge in [0, 0.05) is 68.5 Å². The molecule has 0 bridgehead atoms. The van der Waals surface area contributed by atoms with Crippen molar-refractivity contribution in [1.29, 1.82) is 0 Å². The smallest absolute Gasteiger partial charge is 0.269 e. The Kier molecular flexibility index (Phi) is 15.4. The fraction of sp³-hybridized carbons (Fsp3) is 0.490. The van der Waals surface area contributed by atoms with E-state index in [1.165, 1.54) is 18.2 Å². The number of benzene rings is 2. The maximum Gasteiger partial charge on any atom is 0.269 e. The van der Waals surface area contributed by atoms with Crippen LogP contribution in [-0.4, -0.2) is 88.2 Å². The third-order valence-corrected chi connectivity index (χ3v) is 12.7. The predicted molar refractivity (Wildman–Crippen MR) is 238 cm³/mol. The summed E-state index contributed by atoms with van der Waals surface area (Å²) in [6.07, 6.45) is 13.9. The van der Waals surface area contributed by atoms with Gasteiger partial charge >= 0.3 is 0 Å². The van der Waals surface area contributed by atoms with Gasteiger partial charge in [0.2, 0.25) is 18.0 Å². The molecule has 1 saturated heterocycles. The van der Waals surface area contributed by atoms with E-state index in [9.17, 15) is 25.1 Å². The van der Waals surface area contributed by atoms with Gasteiger partial charge in [-0.05, 0) is 117 Å². The molecule has 7 rings (SSSR count). The summed E-state index contributed by atoms with van der Waals surface area (Å²) in [7, 11) is 1.73. The van der Waals surface area contributed by atoms with Crippen molar-refractivity contribution in [3.8, 4) is 11.5 Å². The molecule has 2 aliphatic heterocycles. The summed E-state index contributed by atoms with van der Waals surface area (Å²) in [6.45, 7) is 7.11. The van der Waals surface area contributed by atoms with Crippen molar-refractivity contribution in [2.75, 3.05) is 33.5 Å². The van der Waals surface area contributed by atoms with Gasteiger partial charge in [-0.1, -0.05) is 36.2 Å². The van der Waals surface area contributed by atoms with Gasteiger partial charge in [-0.25, -0.2) is 0 Å². The highest BCUT2D eigenvalue weighted by Gasteiger charge is 2.65. The number of nitro groups is 1. The fourth-order valence-corrected chi connectivity index (χ4v) is 9.72. The number of carbonyl (C=O) groups is 1. The number of amides is 1. The van der Waals surface area contributed by atoms with E-state index in [-0.39, 0.29) is 62.2 Å². The Morgan fingerprint density at radius 1 is 1.08 bits per heavy atom. The van der Waals surface area contributed by atoms with Gasteiger partial charge in [0.05, 0.1) is 35.5 Å². The zero-order chi connectivity index (χ0) is 44.3. The number of likely N-dealkylation sites (N-methyl/N-ethyl adjacent to an activating group) is 1. The van der Waals surface area contributed by atoms with Crippen molar-refractivity contribution < 1.29 is 43.7 Å². The lowest BCUT2D eigenvalue weighted by atomic mass is 9.55. The van der Waals surface area contributed by atoms with E-state index >= 15 is 0 Å². The molecule has 3 aromatic rings. The van der Waals surface area contributed by atoms with Crippen molar-refractivity contribution in [2.24, 2.45) is 22.9 Å². The lowest BCUT2D eigenvalue weighted by Crippen LogP contribution is -2.69. The minimum absolute atomic E-state index is 0.0395. The predicted octanol–water partition coefficient (Wildman–Crippen LogP) is 8.21. The summed E-state index contributed by atoms with van der Waals surface area (Å²) in [5.41, 5.74) is 4.84. The summed E-state index contributed by atoms with van der Waals surface area (Å²) in [5.74, 6) is -1.11. The highest BCUT2D eigenvalue weighted by atomic mass is 16.8. The number of aliphatic hydroxyl groups is 2. The van der Waals surface area contributed by atoms with Crippen LogP contribution in [0.25, 0.3) is 6.08 Å². The number of aromatic nitrogens is 1. The molecule has 336 valence electrons. The Hall–Kier alpha value is -5.41. The summed E-state index contributed by atoms with van der Waals surface area (Å²) in [5, 5.41) is 36.0. The van der Waals surface area contributed by atoms with Crippen LogP contribution in [0.5, 0.6) is 11.5 Å². The fourth-order valence-electron chi connectivity index (χ4n) is 9.72. The maximum absolute atomic E-state index is 14.4. The van der Waals surface area contributed by atoms with Crippen molar-refractivity contribution in [1.82, 2.24) is 9.88 Å². The first kappa shape index (κ1) is 45.6. The van der Waals surface area contributed by atoms with Crippen LogP contribution < -0.4 is 9.47 Å². The molecule has 0 spiro atoms. The standard InChI is InChI=1S/C49H60N4O10/c1-4-27-61-49-44(52(3)45(56)24-19-34-17-20-37(21-18-34)53(57)58)31-42(51-63-46-16-7-10-28-59-46)40-29-35(13-5-8-25-54)39(15-6-9-26-55)47(48(40)49)41-30-38(22-23-43(41)62-49)60-32-36-14-11-12-33(2)50-36/h4,11-12,14,17-24,29-30,35,39,44,46-48,54-55H,1,5-10,13,15-16,25-28,31-32H2,2-3H3/t35-,39+,44-,46?,47+,48+,49+/m0/s1. The average Bonchev–Trinajstić information content (AvgIpc) is 3.30. The number of hydrogen-bond acceptors (Lipinski definition) is 12. The number of non-ortho nitro benzene ring substituents is 1. The molecule has 0 radical (unpaired) electrons. The van der Waals surface area contributed by atoms with E-state index in [2.05, 4.69) is 23.7 Å². The third kappa shape index (κ3) is 10.5. The van der Waals surface area contributed by atoms with Crippen LogP contribution in [0.1, 0.15) is 92.6 Å². The number of aryl methyl sites for hydroxylation is 1. The lowest BCUT2D eigenvalue weighted by Gasteiger charge is -2.59. The Labute approximate surface area is 369 Å². The number of rotatable bonds is 20. The van der Waals surface area contributed by atoms with Crippen molar-refractivity contribution in [3.63, 3.8) is 0 Å². The van der Waals surface area contributed by atoms with Gasteiger partial charge in [0.25, 0.3) is 5.69 Å². The normalized spacial score (nSPS) is 25.7. The average molecular weight is 865 g/mol. The molecule has 63 heavy (non-hydrogen) atoms. The van der Waals surface area contributed by atoms with Gasteiger partial charge in [-0.15, -0.1) is 6.58 Å². The molecule has 1 saturated carbocycles. The van der Waals surface area contributed by atoms with Crippen molar-refractivity contribution in [2.45, 2.75) is 102 Å². The second-order valence-corrected chi connectivity index (χ2v) is 16.9. The van der Waals surface area contributed by atoms with E-state index < -0.39 is 29.0 Å². The SMILES string of the molecule is C=CCO[C@@]12Oc3ccc(OCc4cccc(C)n4)cc3[C@H]3[C@H](CCCCO)[C@@H](CCCCO)C=C(C(=NOC4CCCCO4)C[C@@H]1N(C)C(=O)C=Cc1ccc([N+](=O)[O-])cc1)[C@H]32. The highest BCUT2D eigenvalue weighted by Crippen LogP contribution is 2.62. The number of carbonyl (C=O) groups excluding carboxylic acids is 1. The molecule has 14 nitrogen and oxygen atoms in total. The van der Waals surface area contributed by atoms with Gasteiger partial charge in [-0.2, -0.15) is 0 Å². The zero-order valence-corrected chi connectivity index (χ0v) is 36.3. The lowest BCUT2D eigenvalue weighted by molar-refractivity contribution is -0.384. The van der Waals surface area contributed by atoms with Crippen LogP contribution in [0.2, 0.25) is 0 Å². The minimum atomic E-state index is -1.43. The molecule has 1 amide bonds. The van der Waals surface area contributed by atoms with Gasteiger partial charge < -0.3 is 38.9 Å². The number of unbranched alkanes of at least 4 members (excludes halogenated alkanes) is 2. The maximum atomic E-state index is 14.4. The molecule has 1 aromatic heterocycles. The van der Waals surface area contributed by atoms with E-state index in [0.29, 0.717) is 48.6 Å². The van der Waals surface area contributed by atoms with Crippen molar-refractivity contribution >= 4 is 23.4 Å². The molecule has 14 heteroatoms. The van der Waals surface area contributed by atoms with E-state index in [4.69, 9.17) is 28.9 Å². The van der Waals surface area contributed by atoms with Crippen LogP contribution in [0.4, 0.5) is 5.69 Å². The zero-order valence-electron chi connectivity index (χ0n) is 36.3. The molecule has 2 N–H and O–H groups in total. The first-order valence-electron chi connectivity index (χ1n) is 22.3.